The average molecular weight is 592 g/mol. The van der Waals surface area contributed by atoms with Crippen molar-refractivity contribution in [1.82, 2.24) is 20.9 Å². The number of anilines is 1. The number of aliphatic carboxylic acids is 1. The second-order valence-corrected chi connectivity index (χ2v) is 10.6. The fourth-order valence-electron chi connectivity index (χ4n) is 4.11. The maximum atomic E-state index is 13.4. The molecule has 0 aliphatic heterocycles. The molecule has 2 aromatic carbocycles. The van der Waals surface area contributed by atoms with Gasteiger partial charge in [-0.05, 0) is 41.7 Å². The van der Waals surface area contributed by atoms with Gasteiger partial charge < -0.3 is 26.4 Å². The summed E-state index contributed by atoms with van der Waals surface area (Å²) in [7, 11) is 0. The number of nitrogens with one attached hydrogen (secondary N) is 4. The second kappa shape index (κ2) is 17.4. The lowest BCUT2D eigenvalue weighted by atomic mass is 9.99. The normalized spacial score (nSPS) is 12.0. The van der Waals surface area contributed by atoms with E-state index in [1.165, 1.54) is 18.7 Å². The van der Waals surface area contributed by atoms with Crippen LogP contribution in [0.5, 0.6) is 0 Å². The Labute approximate surface area is 250 Å². The van der Waals surface area contributed by atoms with Crippen molar-refractivity contribution in [3.63, 3.8) is 0 Å². The Kier molecular flexibility index (Phi) is 13.3. The fourth-order valence-corrected chi connectivity index (χ4v) is 5.00. The van der Waals surface area contributed by atoms with E-state index in [1.807, 2.05) is 60.7 Å². The van der Waals surface area contributed by atoms with Crippen molar-refractivity contribution in [3.8, 4) is 11.1 Å². The van der Waals surface area contributed by atoms with Crippen molar-refractivity contribution in [2.45, 2.75) is 44.7 Å². The van der Waals surface area contributed by atoms with E-state index in [-0.39, 0.29) is 36.3 Å². The molecule has 0 bridgehead atoms. The number of carboxylic acids is 1. The van der Waals surface area contributed by atoms with E-state index in [9.17, 15) is 24.3 Å². The SMILES string of the molecule is CC(=O)NCSC[C@@H](NC(=O)CCCCNc1ccccn1)C(=O)NC(CC(=O)O)c1ccc(-c2ccccc2)cc1. The molecule has 3 aromatic rings. The number of thioether (sulfide) groups is 1. The third kappa shape index (κ3) is 11.6. The van der Waals surface area contributed by atoms with Crippen LogP contribution in [-0.4, -0.2) is 58.0 Å². The lowest BCUT2D eigenvalue weighted by Crippen LogP contribution is -2.49. The first-order valence-corrected chi connectivity index (χ1v) is 14.9. The van der Waals surface area contributed by atoms with Crippen LogP contribution in [0.3, 0.4) is 0 Å². The van der Waals surface area contributed by atoms with Gasteiger partial charge in [-0.3, -0.25) is 19.2 Å². The van der Waals surface area contributed by atoms with E-state index in [1.54, 1.807) is 18.3 Å². The standard InChI is InChI=1S/C31H37N5O5S/c1-22(37)34-21-42-20-27(35-29(38)12-6-8-18-33-28-11-5-7-17-32-28)31(41)36-26(19-30(39)40)25-15-13-24(14-16-25)23-9-3-2-4-10-23/h2-5,7,9-11,13-17,26-27H,6,8,12,18-21H2,1H3,(H,32,33)(H,34,37)(H,35,38)(H,36,41)(H,39,40)/t26?,27-/m1/s1. The zero-order chi connectivity index (χ0) is 30.2. The smallest absolute Gasteiger partial charge is 0.305 e. The molecule has 0 saturated heterocycles. The Morgan fingerprint density at radius 2 is 1.60 bits per heavy atom. The van der Waals surface area contributed by atoms with Gasteiger partial charge >= 0.3 is 5.97 Å². The minimum Gasteiger partial charge on any atom is -0.481 e. The Morgan fingerprint density at radius 1 is 0.881 bits per heavy atom. The maximum absolute atomic E-state index is 13.4. The number of aromatic nitrogens is 1. The molecule has 10 nitrogen and oxygen atoms in total. The molecule has 0 saturated carbocycles. The Morgan fingerprint density at radius 3 is 2.26 bits per heavy atom. The molecule has 1 aromatic heterocycles. The molecule has 1 unspecified atom stereocenters. The molecule has 42 heavy (non-hydrogen) atoms. The molecule has 0 aliphatic rings. The zero-order valence-corrected chi connectivity index (χ0v) is 24.4. The van der Waals surface area contributed by atoms with Crippen molar-refractivity contribution in [1.29, 1.82) is 0 Å². The van der Waals surface area contributed by atoms with Gasteiger partial charge in [0.1, 0.15) is 11.9 Å². The number of carbonyl (C=O) groups excluding carboxylic acids is 3. The van der Waals surface area contributed by atoms with Gasteiger partial charge in [-0.25, -0.2) is 4.98 Å². The molecule has 3 amide bonds. The number of hydrogen-bond acceptors (Lipinski definition) is 7. The van der Waals surface area contributed by atoms with E-state index >= 15 is 0 Å². The van der Waals surface area contributed by atoms with Crippen LogP contribution in [0.4, 0.5) is 5.82 Å². The van der Waals surface area contributed by atoms with Crippen molar-refractivity contribution in [3.05, 3.63) is 84.6 Å². The van der Waals surface area contributed by atoms with Crippen LogP contribution in [0, 0.1) is 0 Å². The van der Waals surface area contributed by atoms with Gasteiger partial charge in [0.05, 0.1) is 18.3 Å². The first-order chi connectivity index (χ1) is 20.3. The van der Waals surface area contributed by atoms with Gasteiger partial charge in [0.15, 0.2) is 0 Å². The van der Waals surface area contributed by atoms with Gasteiger partial charge in [-0.15, -0.1) is 11.8 Å². The van der Waals surface area contributed by atoms with E-state index in [0.717, 1.165) is 23.4 Å². The topological polar surface area (TPSA) is 150 Å². The summed E-state index contributed by atoms with van der Waals surface area (Å²) in [6, 6.07) is 21.0. The predicted molar refractivity (Wildman–Crippen MR) is 165 cm³/mol. The zero-order valence-electron chi connectivity index (χ0n) is 23.5. The highest BCUT2D eigenvalue weighted by Gasteiger charge is 2.25. The first kappa shape index (κ1) is 32.1. The number of unbranched alkanes of at least 4 members (excludes halogenated alkanes) is 1. The largest absolute Gasteiger partial charge is 0.481 e. The minimum absolute atomic E-state index is 0.200. The predicted octanol–water partition coefficient (Wildman–Crippen LogP) is 3.97. The van der Waals surface area contributed by atoms with E-state index < -0.39 is 24.0 Å². The van der Waals surface area contributed by atoms with Gasteiger partial charge in [-0.2, -0.15) is 0 Å². The summed E-state index contributed by atoms with van der Waals surface area (Å²) in [6.45, 7) is 2.05. The number of amides is 3. The summed E-state index contributed by atoms with van der Waals surface area (Å²) in [5.41, 5.74) is 2.63. The van der Waals surface area contributed by atoms with E-state index in [4.69, 9.17) is 0 Å². The Hall–Kier alpha value is -4.38. The Bertz CT molecular complexity index is 1290. The molecule has 0 fully saturated rings. The monoisotopic (exact) mass is 591 g/mol. The molecular formula is C31H37N5O5S. The second-order valence-electron chi connectivity index (χ2n) is 9.61. The summed E-state index contributed by atoms with van der Waals surface area (Å²) >= 11 is 1.29. The van der Waals surface area contributed by atoms with Gasteiger partial charge in [0.25, 0.3) is 0 Å². The summed E-state index contributed by atoms with van der Waals surface area (Å²) in [4.78, 5) is 53.2. The highest BCUT2D eigenvalue weighted by Crippen LogP contribution is 2.24. The Balaban J connectivity index is 1.60. The molecule has 222 valence electrons. The number of pyridine rings is 1. The molecule has 0 spiro atoms. The van der Waals surface area contributed by atoms with Gasteiger partial charge in [-0.1, -0.05) is 60.7 Å². The lowest BCUT2D eigenvalue weighted by molar-refractivity contribution is -0.138. The third-order valence-electron chi connectivity index (χ3n) is 6.28. The number of carbonyl (C=O) groups is 4. The fraction of sp³-hybridized carbons (Fsp3) is 0.323. The highest BCUT2D eigenvalue weighted by atomic mass is 32.2. The summed E-state index contributed by atoms with van der Waals surface area (Å²) in [6.07, 6.45) is 2.95. The number of nitrogens with zero attached hydrogens (tertiary/aromatic N) is 1. The summed E-state index contributed by atoms with van der Waals surface area (Å²) in [5, 5.41) is 21.0. The van der Waals surface area contributed by atoms with Crippen LogP contribution < -0.4 is 21.3 Å². The maximum Gasteiger partial charge on any atom is 0.305 e. The number of hydrogen-bond donors (Lipinski definition) is 5. The van der Waals surface area contributed by atoms with Crippen molar-refractivity contribution in [2.75, 3.05) is 23.5 Å². The van der Waals surface area contributed by atoms with Gasteiger partial charge in [0, 0.05) is 31.8 Å². The first-order valence-electron chi connectivity index (χ1n) is 13.8. The van der Waals surface area contributed by atoms with Gasteiger partial charge in [0.2, 0.25) is 17.7 Å². The molecule has 5 N–H and O–H groups in total. The van der Waals surface area contributed by atoms with Crippen molar-refractivity contribution >= 4 is 41.3 Å². The summed E-state index contributed by atoms with van der Waals surface area (Å²) < 4.78 is 0. The molecule has 1 heterocycles. The molecule has 11 heteroatoms. The highest BCUT2D eigenvalue weighted by molar-refractivity contribution is 7.99. The molecule has 0 aliphatic carbocycles. The van der Waals surface area contributed by atoms with Crippen LogP contribution in [0.1, 0.15) is 44.2 Å². The average Bonchev–Trinajstić information content (AvgIpc) is 2.99. The van der Waals surface area contributed by atoms with Crippen LogP contribution >= 0.6 is 11.8 Å². The minimum atomic E-state index is -1.06. The molecule has 3 rings (SSSR count). The quantitative estimate of drug-likeness (QED) is 0.117. The van der Waals surface area contributed by atoms with E-state index in [2.05, 4.69) is 26.3 Å². The number of carboxylic acid groups (broad SMARTS) is 1. The summed E-state index contributed by atoms with van der Waals surface area (Å²) in [5.74, 6) is -0.802. The van der Waals surface area contributed by atoms with Crippen LogP contribution in [0.25, 0.3) is 11.1 Å². The van der Waals surface area contributed by atoms with Crippen molar-refractivity contribution in [2.24, 2.45) is 0 Å². The van der Waals surface area contributed by atoms with E-state index in [0.29, 0.717) is 18.5 Å². The molecule has 2 atom stereocenters. The number of benzene rings is 2. The van der Waals surface area contributed by atoms with Crippen LogP contribution in [0.2, 0.25) is 0 Å². The lowest BCUT2D eigenvalue weighted by Gasteiger charge is -2.23. The third-order valence-corrected chi connectivity index (χ3v) is 7.19. The molecule has 0 radical (unpaired) electrons. The van der Waals surface area contributed by atoms with Crippen molar-refractivity contribution < 1.29 is 24.3 Å². The number of rotatable bonds is 17. The van der Waals surface area contributed by atoms with Crippen LogP contribution in [-0.2, 0) is 19.2 Å². The molecular weight excluding hydrogens is 554 g/mol. The van der Waals surface area contributed by atoms with Crippen LogP contribution in [0.15, 0.2) is 79.0 Å².